The zero-order valence-electron chi connectivity index (χ0n) is 15.7. The third kappa shape index (κ3) is 3.51. The summed E-state index contributed by atoms with van der Waals surface area (Å²) >= 11 is 0. The number of aromatic nitrogens is 1. The van der Waals surface area contributed by atoms with Gasteiger partial charge in [-0.15, -0.1) is 0 Å². The number of nitrogens with one attached hydrogen (secondary N) is 3. The van der Waals surface area contributed by atoms with Crippen LogP contribution >= 0.6 is 0 Å². The fraction of sp³-hybridized carbons (Fsp3) is 0.273. The Bertz CT molecular complexity index is 997. The Labute approximate surface area is 163 Å². The van der Waals surface area contributed by atoms with E-state index in [9.17, 15) is 9.59 Å². The third-order valence-electron chi connectivity index (χ3n) is 5.40. The van der Waals surface area contributed by atoms with Gasteiger partial charge in [-0.3, -0.25) is 9.59 Å². The highest BCUT2D eigenvalue weighted by Crippen LogP contribution is 2.37. The molecular weight excluding hydrogens is 354 g/mol. The number of rotatable bonds is 6. The van der Waals surface area contributed by atoms with E-state index >= 15 is 0 Å². The summed E-state index contributed by atoms with van der Waals surface area (Å²) in [7, 11) is 1.91. The molecule has 1 aliphatic carbocycles. The molecule has 1 aliphatic rings. The molecule has 1 aromatic heterocycles. The van der Waals surface area contributed by atoms with Gasteiger partial charge in [-0.1, -0.05) is 30.3 Å². The molecule has 2 unspecified atom stereocenters. The summed E-state index contributed by atoms with van der Waals surface area (Å²) in [6.07, 6.45) is 2.17. The summed E-state index contributed by atoms with van der Waals surface area (Å²) in [6.45, 7) is 0.267. The maximum Gasteiger partial charge on any atom is 0.315 e. The number of hydrogen-bond acceptors (Lipinski definition) is 4. The van der Waals surface area contributed by atoms with Crippen LogP contribution in [0.5, 0.6) is 0 Å². The number of H-pyrrole nitrogens is 1. The van der Waals surface area contributed by atoms with Crippen molar-refractivity contribution in [3.05, 3.63) is 65.4 Å². The lowest BCUT2D eigenvalue weighted by Crippen LogP contribution is -2.36. The zero-order chi connectivity index (χ0) is 19.5. The van der Waals surface area contributed by atoms with Crippen LogP contribution in [-0.2, 0) is 27.4 Å². The van der Waals surface area contributed by atoms with Gasteiger partial charge >= 0.3 is 5.97 Å². The molecule has 1 heterocycles. The van der Waals surface area contributed by atoms with Gasteiger partial charge in [0.2, 0.25) is 6.41 Å². The average Bonchev–Trinajstić information content (AvgIpc) is 3.10. The van der Waals surface area contributed by atoms with Crippen LogP contribution in [0.1, 0.15) is 29.2 Å². The van der Waals surface area contributed by atoms with E-state index in [0.29, 0.717) is 12.8 Å². The van der Waals surface area contributed by atoms with Gasteiger partial charge in [0.1, 0.15) is 6.61 Å². The topological polar surface area (TPSA) is 83.2 Å². The standard InChI is InChI=1S/C22H23N3O3/c1-23-16-10-18-17-9-15(24-13-26)7-8-20(17)25-21(18)19(11-16)22(27)28-12-14-5-3-2-4-6-14/h2-9,13,16,19,23,25H,10-12H2,1H3,(H,24,26). The first-order valence-electron chi connectivity index (χ1n) is 9.42. The van der Waals surface area contributed by atoms with Crippen molar-refractivity contribution in [1.82, 2.24) is 10.3 Å². The Balaban J connectivity index is 1.64. The number of amides is 1. The smallest absolute Gasteiger partial charge is 0.315 e. The molecule has 144 valence electrons. The molecule has 2 aromatic carbocycles. The largest absolute Gasteiger partial charge is 0.460 e. The number of hydrogen-bond donors (Lipinski definition) is 3. The Morgan fingerprint density at radius 1 is 1.25 bits per heavy atom. The predicted molar refractivity (Wildman–Crippen MR) is 108 cm³/mol. The van der Waals surface area contributed by atoms with Gasteiger partial charge in [0.15, 0.2) is 0 Å². The van der Waals surface area contributed by atoms with Gasteiger partial charge in [0.25, 0.3) is 0 Å². The van der Waals surface area contributed by atoms with Gasteiger partial charge in [-0.25, -0.2) is 0 Å². The molecule has 0 saturated carbocycles. The van der Waals surface area contributed by atoms with Crippen LogP contribution in [0.2, 0.25) is 0 Å². The summed E-state index contributed by atoms with van der Waals surface area (Å²) < 4.78 is 5.63. The predicted octanol–water partition coefficient (Wildman–Crippen LogP) is 3.10. The van der Waals surface area contributed by atoms with Crippen LogP contribution < -0.4 is 10.6 Å². The highest BCUT2D eigenvalue weighted by Gasteiger charge is 2.35. The van der Waals surface area contributed by atoms with Crippen molar-refractivity contribution in [2.75, 3.05) is 12.4 Å². The van der Waals surface area contributed by atoms with E-state index in [1.54, 1.807) is 0 Å². The molecule has 2 atom stereocenters. The average molecular weight is 377 g/mol. The van der Waals surface area contributed by atoms with Crippen molar-refractivity contribution in [3.8, 4) is 0 Å². The van der Waals surface area contributed by atoms with E-state index in [-0.39, 0.29) is 24.5 Å². The summed E-state index contributed by atoms with van der Waals surface area (Å²) in [4.78, 5) is 27.1. The molecule has 0 radical (unpaired) electrons. The number of aromatic amines is 1. The van der Waals surface area contributed by atoms with Crippen LogP contribution in [0, 0.1) is 0 Å². The van der Waals surface area contributed by atoms with Gasteiger partial charge < -0.3 is 20.4 Å². The lowest BCUT2D eigenvalue weighted by Gasteiger charge is -2.28. The second-order valence-corrected chi connectivity index (χ2v) is 7.11. The normalized spacial score (nSPS) is 18.5. The first-order valence-corrected chi connectivity index (χ1v) is 9.42. The lowest BCUT2D eigenvalue weighted by atomic mass is 9.83. The van der Waals surface area contributed by atoms with Gasteiger partial charge in [-0.05, 0) is 49.2 Å². The second kappa shape index (κ2) is 7.86. The fourth-order valence-electron chi connectivity index (χ4n) is 3.94. The lowest BCUT2D eigenvalue weighted by molar-refractivity contribution is -0.147. The molecule has 6 nitrogen and oxygen atoms in total. The van der Waals surface area contributed by atoms with Crippen molar-refractivity contribution in [2.45, 2.75) is 31.4 Å². The zero-order valence-corrected chi connectivity index (χ0v) is 15.7. The maximum absolute atomic E-state index is 12.9. The van der Waals surface area contributed by atoms with E-state index in [0.717, 1.165) is 39.8 Å². The first-order chi connectivity index (χ1) is 13.7. The molecule has 0 saturated heterocycles. The molecular formula is C22H23N3O3. The SMILES string of the molecule is CNC1Cc2c([nH]c3ccc(NC=O)cc23)C(C(=O)OCc2ccccc2)C1. The quantitative estimate of drug-likeness (QED) is 0.455. The van der Waals surface area contributed by atoms with Gasteiger partial charge in [0.05, 0.1) is 5.92 Å². The van der Waals surface area contributed by atoms with E-state index in [2.05, 4.69) is 15.6 Å². The van der Waals surface area contributed by atoms with E-state index in [4.69, 9.17) is 4.74 Å². The molecule has 0 bridgehead atoms. The van der Waals surface area contributed by atoms with Crippen LogP contribution in [0.25, 0.3) is 10.9 Å². The highest BCUT2D eigenvalue weighted by molar-refractivity contribution is 5.92. The summed E-state index contributed by atoms with van der Waals surface area (Å²) in [6, 6.07) is 15.6. The number of carbonyl (C=O) groups excluding carboxylic acids is 2. The number of benzene rings is 2. The number of fused-ring (bicyclic) bond motifs is 3. The number of anilines is 1. The Morgan fingerprint density at radius 2 is 2.07 bits per heavy atom. The molecule has 0 spiro atoms. The molecule has 3 N–H and O–H groups in total. The van der Waals surface area contributed by atoms with Crippen LogP contribution in [0.15, 0.2) is 48.5 Å². The van der Waals surface area contributed by atoms with Crippen molar-refractivity contribution in [2.24, 2.45) is 0 Å². The number of esters is 1. The monoisotopic (exact) mass is 377 g/mol. The van der Waals surface area contributed by atoms with Crippen molar-refractivity contribution in [3.63, 3.8) is 0 Å². The second-order valence-electron chi connectivity index (χ2n) is 7.11. The van der Waals surface area contributed by atoms with Gasteiger partial charge in [0, 0.05) is 28.3 Å². The molecule has 3 aromatic rings. The van der Waals surface area contributed by atoms with E-state index in [1.807, 2.05) is 55.6 Å². The highest BCUT2D eigenvalue weighted by atomic mass is 16.5. The maximum atomic E-state index is 12.9. The first kappa shape index (κ1) is 18.3. The molecule has 1 amide bonds. The summed E-state index contributed by atoms with van der Waals surface area (Å²) in [5.41, 5.74) is 4.69. The Kier molecular flexibility index (Phi) is 5.12. The minimum atomic E-state index is -0.347. The van der Waals surface area contributed by atoms with E-state index in [1.165, 1.54) is 0 Å². The van der Waals surface area contributed by atoms with Gasteiger partial charge in [-0.2, -0.15) is 0 Å². The van der Waals surface area contributed by atoms with E-state index < -0.39 is 0 Å². The van der Waals surface area contributed by atoms with Crippen LogP contribution in [-0.4, -0.2) is 30.5 Å². The van der Waals surface area contributed by atoms with Crippen molar-refractivity contribution < 1.29 is 14.3 Å². The summed E-state index contributed by atoms with van der Waals surface area (Å²) in [5, 5.41) is 7.03. The molecule has 0 fully saturated rings. The Morgan fingerprint density at radius 3 is 2.82 bits per heavy atom. The molecule has 28 heavy (non-hydrogen) atoms. The van der Waals surface area contributed by atoms with Crippen molar-refractivity contribution >= 4 is 29.0 Å². The fourth-order valence-corrected chi connectivity index (χ4v) is 3.94. The number of ether oxygens (including phenoxy) is 1. The van der Waals surface area contributed by atoms with Crippen LogP contribution in [0.4, 0.5) is 5.69 Å². The van der Waals surface area contributed by atoms with Crippen molar-refractivity contribution in [1.29, 1.82) is 0 Å². The summed E-state index contributed by atoms with van der Waals surface area (Å²) in [5.74, 6) is -0.567. The minimum absolute atomic E-state index is 0.184. The molecule has 0 aliphatic heterocycles. The minimum Gasteiger partial charge on any atom is -0.460 e. The molecule has 6 heteroatoms. The Hall–Kier alpha value is -3.12. The number of likely N-dealkylation sites (N-methyl/N-ethyl adjacent to an activating group) is 1. The third-order valence-corrected chi connectivity index (χ3v) is 5.40. The molecule has 4 rings (SSSR count). The van der Waals surface area contributed by atoms with Crippen LogP contribution in [0.3, 0.4) is 0 Å². The number of carbonyl (C=O) groups is 2.